The van der Waals surface area contributed by atoms with Crippen LogP contribution in [-0.2, 0) is 11.3 Å². The molecule has 0 N–H and O–H groups in total. The summed E-state index contributed by atoms with van der Waals surface area (Å²) in [6, 6.07) is 9.63. The molecule has 0 aliphatic rings. The van der Waals surface area contributed by atoms with Crippen molar-refractivity contribution in [3.05, 3.63) is 70.4 Å². The topological polar surface area (TPSA) is 52.4 Å². The number of rotatable bonds is 8. The first-order valence-electron chi connectivity index (χ1n) is 6.26. The molecule has 0 aromatic heterocycles. The Morgan fingerprint density at radius 2 is 2.16 bits per heavy atom. The second-order valence-corrected chi connectivity index (χ2v) is 4.12. The molecule has 1 aromatic carbocycles. The van der Waals surface area contributed by atoms with Crippen LogP contribution in [0.5, 0.6) is 0 Å². The minimum absolute atomic E-state index is 0.109. The predicted molar refractivity (Wildman–Crippen MR) is 75.2 cm³/mol. The first-order valence-corrected chi connectivity index (χ1v) is 6.26. The second kappa shape index (κ2) is 8.21. The molecule has 0 aliphatic carbocycles. The molecule has 1 atom stereocenters. The Morgan fingerprint density at radius 1 is 1.47 bits per heavy atom. The molecule has 1 unspecified atom stereocenters. The lowest BCUT2D eigenvalue weighted by Gasteiger charge is -2.14. The molecule has 0 heterocycles. The van der Waals surface area contributed by atoms with Gasteiger partial charge in [-0.05, 0) is 31.4 Å². The van der Waals surface area contributed by atoms with Crippen LogP contribution >= 0.6 is 0 Å². The van der Waals surface area contributed by atoms with Gasteiger partial charge in [-0.3, -0.25) is 10.1 Å². The van der Waals surface area contributed by atoms with Crippen molar-refractivity contribution in [3.63, 3.8) is 0 Å². The summed E-state index contributed by atoms with van der Waals surface area (Å²) >= 11 is 0. The van der Waals surface area contributed by atoms with Crippen molar-refractivity contribution in [2.24, 2.45) is 0 Å². The summed E-state index contributed by atoms with van der Waals surface area (Å²) in [5.74, 6) is 0. The Labute approximate surface area is 113 Å². The molecular weight excluding hydrogens is 242 g/mol. The molecule has 0 saturated heterocycles. The summed E-state index contributed by atoms with van der Waals surface area (Å²) in [6.07, 6.45) is 3.99. The Kier molecular flexibility index (Phi) is 6.53. The summed E-state index contributed by atoms with van der Waals surface area (Å²) in [5, 5.41) is 11.0. The fourth-order valence-corrected chi connectivity index (χ4v) is 1.77. The Morgan fingerprint density at radius 3 is 2.68 bits per heavy atom. The fourth-order valence-electron chi connectivity index (χ4n) is 1.77. The van der Waals surface area contributed by atoms with E-state index in [9.17, 15) is 10.1 Å². The summed E-state index contributed by atoms with van der Waals surface area (Å²) in [6.45, 7) is 5.66. The Balaban J connectivity index is 2.69. The van der Waals surface area contributed by atoms with Crippen molar-refractivity contribution in [1.82, 2.24) is 0 Å². The zero-order valence-corrected chi connectivity index (χ0v) is 11.1. The average molecular weight is 261 g/mol. The van der Waals surface area contributed by atoms with E-state index in [1.807, 2.05) is 30.3 Å². The van der Waals surface area contributed by atoms with Crippen molar-refractivity contribution in [2.75, 3.05) is 0 Å². The van der Waals surface area contributed by atoms with Crippen LogP contribution in [0.2, 0.25) is 0 Å². The van der Waals surface area contributed by atoms with Crippen LogP contribution < -0.4 is 0 Å². The minimum atomic E-state index is -0.502. The highest BCUT2D eigenvalue weighted by Gasteiger charge is 2.23. The van der Waals surface area contributed by atoms with Crippen LogP contribution in [0.1, 0.15) is 25.3 Å². The highest BCUT2D eigenvalue weighted by molar-refractivity contribution is 5.13. The normalized spacial score (nSPS) is 13.0. The maximum absolute atomic E-state index is 11.0. The van der Waals surface area contributed by atoms with Gasteiger partial charge in [0.2, 0.25) is 0 Å². The van der Waals surface area contributed by atoms with E-state index in [-0.39, 0.29) is 10.6 Å². The molecule has 0 fully saturated rings. The van der Waals surface area contributed by atoms with Gasteiger partial charge in [-0.2, -0.15) is 0 Å². The third-order valence-electron chi connectivity index (χ3n) is 2.76. The minimum Gasteiger partial charge on any atom is -0.362 e. The number of ether oxygens (including phenoxy) is 1. The van der Waals surface area contributed by atoms with E-state index in [2.05, 4.69) is 6.58 Å². The molecule has 102 valence electrons. The highest BCUT2D eigenvalue weighted by atomic mass is 16.6. The molecule has 4 heteroatoms. The van der Waals surface area contributed by atoms with Crippen LogP contribution in [-0.4, -0.2) is 11.0 Å². The van der Waals surface area contributed by atoms with Crippen LogP contribution in [0.3, 0.4) is 0 Å². The third-order valence-corrected chi connectivity index (χ3v) is 2.76. The maximum atomic E-state index is 11.0. The zero-order valence-electron chi connectivity index (χ0n) is 11.1. The van der Waals surface area contributed by atoms with Crippen molar-refractivity contribution < 1.29 is 9.66 Å². The quantitative estimate of drug-likeness (QED) is 0.407. The van der Waals surface area contributed by atoms with E-state index in [1.165, 1.54) is 6.08 Å². The van der Waals surface area contributed by atoms with Gasteiger partial charge in [0, 0.05) is 0 Å². The number of allylic oxidation sites excluding steroid dienone is 2. The van der Waals surface area contributed by atoms with Gasteiger partial charge < -0.3 is 4.74 Å². The average Bonchev–Trinajstić information content (AvgIpc) is 2.42. The van der Waals surface area contributed by atoms with Crippen molar-refractivity contribution in [3.8, 4) is 0 Å². The van der Waals surface area contributed by atoms with Crippen molar-refractivity contribution in [2.45, 2.75) is 32.5 Å². The number of benzene rings is 1. The third kappa shape index (κ3) is 5.06. The predicted octanol–water partition coefficient (Wildman–Crippen LogP) is 3.72. The number of hydrogen-bond donors (Lipinski definition) is 0. The van der Waals surface area contributed by atoms with E-state index in [0.29, 0.717) is 19.4 Å². The summed E-state index contributed by atoms with van der Waals surface area (Å²) in [4.78, 5) is 10.6. The van der Waals surface area contributed by atoms with Gasteiger partial charge in [-0.1, -0.05) is 36.4 Å². The van der Waals surface area contributed by atoms with Gasteiger partial charge in [0.05, 0.1) is 11.5 Å². The molecule has 1 aromatic rings. The first kappa shape index (κ1) is 15.1. The van der Waals surface area contributed by atoms with E-state index in [0.717, 1.165) is 5.56 Å². The van der Waals surface area contributed by atoms with Gasteiger partial charge in [0.1, 0.15) is 6.10 Å². The van der Waals surface area contributed by atoms with Gasteiger partial charge in [0.15, 0.2) is 0 Å². The monoisotopic (exact) mass is 261 g/mol. The van der Waals surface area contributed by atoms with Gasteiger partial charge in [-0.15, -0.1) is 6.58 Å². The van der Waals surface area contributed by atoms with Gasteiger partial charge >= 0.3 is 0 Å². The first-order chi connectivity index (χ1) is 9.19. The van der Waals surface area contributed by atoms with Crippen LogP contribution in [0, 0.1) is 10.1 Å². The van der Waals surface area contributed by atoms with E-state index in [1.54, 1.807) is 13.0 Å². The SMILES string of the molecule is C=CCCC(OCc1ccccc1)C(=CC)[N+](=O)[O-]. The molecule has 0 bridgehead atoms. The summed E-state index contributed by atoms with van der Waals surface area (Å²) < 4.78 is 5.69. The van der Waals surface area contributed by atoms with Crippen molar-refractivity contribution >= 4 is 0 Å². The number of hydrogen-bond acceptors (Lipinski definition) is 3. The molecule has 0 spiro atoms. The lowest BCUT2D eigenvalue weighted by atomic mass is 10.1. The molecule has 1 rings (SSSR count). The van der Waals surface area contributed by atoms with E-state index < -0.39 is 6.10 Å². The fraction of sp³-hybridized carbons (Fsp3) is 0.333. The summed E-state index contributed by atoms with van der Waals surface area (Å²) in [5.41, 5.74) is 1.11. The van der Waals surface area contributed by atoms with Crippen LogP contribution in [0.4, 0.5) is 0 Å². The Bertz CT molecular complexity index is 440. The lowest BCUT2D eigenvalue weighted by molar-refractivity contribution is -0.438. The zero-order chi connectivity index (χ0) is 14.1. The maximum Gasteiger partial charge on any atom is 0.270 e. The van der Waals surface area contributed by atoms with Crippen molar-refractivity contribution in [1.29, 1.82) is 0 Å². The second-order valence-electron chi connectivity index (χ2n) is 4.12. The highest BCUT2D eigenvalue weighted by Crippen LogP contribution is 2.16. The molecule has 0 saturated carbocycles. The van der Waals surface area contributed by atoms with Crippen LogP contribution in [0.25, 0.3) is 0 Å². The molecule has 0 amide bonds. The molecule has 0 radical (unpaired) electrons. The largest absolute Gasteiger partial charge is 0.362 e. The van der Waals surface area contributed by atoms with Gasteiger partial charge in [-0.25, -0.2) is 0 Å². The van der Waals surface area contributed by atoms with Gasteiger partial charge in [0.25, 0.3) is 5.70 Å². The smallest absolute Gasteiger partial charge is 0.270 e. The molecular formula is C15H19NO3. The van der Waals surface area contributed by atoms with E-state index in [4.69, 9.17) is 4.74 Å². The molecule has 19 heavy (non-hydrogen) atoms. The lowest BCUT2D eigenvalue weighted by Crippen LogP contribution is -2.21. The van der Waals surface area contributed by atoms with E-state index >= 15 is 0 Å². The molecule has 0 aliphatic heterocycles. The summed E-state index contributed by atoms with van der Waals surface area (Å²) in [7, 11) is 0. The molecule has 4 nitrogen and oxygen atoms in total. The number of nitrogens with zero attached hydrogens (tertiary/aromatic N) is 1. The Hall–Kier alpha value is -1.94. The van der Waals surface area contributed by atoms with Crippen LogP contribution in [0.15, 0.2) is 54.8 Å². The standard InChI is InChI=1S/C15H19NO3/c1-3-5-11-15(14(4-2)16(17)18)19-12-13-9-7-6-8-10-13/h3-4,6-10,15H,1,5,11-12H2,2H3. The number of nitro groups is 1.